The van der Waals surface area contributed by atoms with Gasteiger partial charge in [-0.2, -0.15) is 0 Å². The van der Waals surface area contributed by atoms with Crippen LogP contribution in [-0.4, -0.2) is 23.4 Å². The Labute approximate surface area is 139 Å². The Balaban J connectivity index is 2.57. The number of benzene rings is 1. The summed E-state index contributed by atoms with van der Waals surface area (Å²) in [6, 6.07) is 7.23. The van der Waals surface area contributed by atoms with E-state index in [1.165, 1.54) is 0 Å². The zero-order valence-corrected chi connectivity index (χ0v) is 15.0. The zero-order chi connectivity index (χ0) is 15.8. The maximum absolute atomic E-state index is 13.0. The molecule has 1 heterocycles. The molecule has 21 heavy (non-hydrogen) atoms. The van der Waals surface area contributed by atoms with Crippen LogP contribution in [0.5, 0.6) is 0 Å². The lowest BCUT2D eigenvalue weighted by Crippen LogP contribution is -2.70. The highest BCUT2D eigenvalue weighted by molar-refractivity contribution is 14.1. The molecule has 114 valence electrons. The van der Waals surface area contributed by atoms with Gasteiger partial charge in [0, 0.05) is 3.57 Å². The number of hydrogen-bond donors (Lipinski definition) is 1. The summed E-state index contributed by atoms with van der Waals surface area (Å²) in [5.41, 5.74) is -0.0159. The average molecular weight is 400 g/mol. The average Bonchev–Trinajstić information content (AvgIpc) is 2.43. The Bertz CT molecular complexity index is 573. The van der Waals surface area contributed by atoms with Gasteiger partial charge in [0.2, 0.25) is 5.91 Å². The van der Waals surface area contributed by atoms with E-state index in [0.717, 1.165) is 9.26 Å². The molecule has 0 saturated carbocycles. The van der Waals surface area contributed by atoms with Crippen LogP contribution in [0.15, 0.2) is 24.3 Å². The van der Waals surface area contributed by atoms with Gasteiger partial charge < -0.3 is 5.32 Å². The quantitative estimate of drug-likeness (QED) is 0.794. The second kappa shape index (κ2) is 5.94. The van der Waals surface area contributed by atoms with Crippen molar-refractivity contribution in [1.82, 2.24) is 5.32 Å². The number of piperazine rings is 1. The van der Waals surface area contributed by atoms with Crippen LogP contribution in [-0.2, 0) is 9.59 Å². The molecule has 1 aliphatic heterocycles. The number of nitrogens with zero attached hydrogens (tertiary/aromatic N) is 1. The smallest absolute Gasteiger partial charge is 0.253 e. The summed E-state index contributed by atoms with van der Waals surface area (Å²) in [5.74, 6) is -0.0626. The molecule has 5 heteroatoms. The number of para-hydroxylation sites is 1. The van der Waals surface area contributed by atoms with Crippen molar-refractivity contribution in [2.45, 2.75) is 45.7 Å². The topological polar surface area (TPSA) is 49.4 Å². The first-order valence-corrected chi connectivity index (χ1v) is 8.30. The molecule has 0 aliphatic carbocycles. The van der Waals surface area contributed by atoms with Crippen molar-refractivity contribution in [3.05, 3.63) is 27.8 Å². The molecule has 2 atom stereocenters. The van der Waals surface area contributed by atoms with E-state index < -0.39 is 11.6 Å². The Kier molecular flexibility index (Phi) is 4.60. The summed E-state index contributed by atoms with van der Waals surface area (Å²) >= 11 is 2.21. The van der Waals surface area contributed by atoms with Crippen LogP contribution in [0.3, 0.4) is 0 Å². The summed E-state index contributed by atoms with van der Waals surface area (Å²) in [6.45, 7) is 7.65. The van der Waals surface area contributed by atoms with E-state index in [0.29, 0.717) is 6.42 Å². The maximum Gasteiger partial charge on any atom is 0.253 e. The molecule has 4 nitrogen and oxygen atoms in total. The standard InChI is InChI=1S/C16H21IN2O2/c1-5-16(4)15(21)19(12-9-7-6-8-11(12)17)13(10(2)3)14(20)18-16/h6-10,13H,5H2,1-4H3,(H,18,20). The normalized spacial score (nSPS) is 26.2. The summed E-state index contributed by atoms with van der Waals surface area (Å²) in [6.07, 6.45) is 0.572. The van der Waals surface area contributed by atoms with E-state index in [4.69, 9.17) is 0 Å². The summed E-state index contributed by atoms with van der Waals surface area (Å²) in [7, 11) is 0. The molecule has 0 aromatic heterocycles. The highest BCUT2D eigenvalue weighted by atomic mass is 127. The van der Waals surface area contributed by atoms with E-state index >= 15 is 0 Å². The lowest BCUT2D eigenvalue weighted by atomic mass is 9.88. The van der Waals surface area contributed by atoms with Crippen molar-refractivity contribution in [3.8, 4) is 0 Å². The van der Waals surface area contributed by atoms with Crippen LogP contribution in [0.4, 0.5) is 5.69 Å². The second-order valence-corrected chi connectivity index (χ2v) is 7.15. The SMILES string of the molecule is CCC1(C)NC(=O)C(C(C)C)N(c2ccccc2I)C1=O. The Morgan fingerprint density at radius 2 is 1.95 bits per heavy atom. The van der Waals surface area contributed by atoms with Crippen LogP contribution < -0.4 is 10.2 Å². The fraction of sp³-hybridized carbons (Fsp3) is 0.500. The lowest BCUT2D eigenvalue weighted by Gasteiger charge is -2.45. The zero-order valence-electron chi connectivity index (χ0n) is 12.8. The van der Waals surface area contributed by atoms with Gasteiger partial charge in [0.05, 0.1) is 5.69 Å². The predicted molar refractivity (Wildman–Crippen MR) is 92.1 cm³/mol. The molecule has 0 bridgehead atoms. The van der Waals surface area contributed by atoms with Crippen molar-refractivity contribution in [2.75, 3.05) is 4.90 Å². The Morgan fingerprint density at radius 3 is 2.48 bits per heavy atom. The first kappa shape index (κ1) is 16.3. The van der Waals surface area contributed by atoms with Gasteiger partial charge in [0.25, 0.3) is 5.91 Å². The Morgan fingerprint density at radius 1 is 1.33 bits per heavy atom. The molecule has 2 unspecified atom stereocenters. The van der Waals surface area contributed by atoms with Gasteiger partial charge in [-0.25, -0.2) is 0 Å². The molecule has 1 N–H and O–H groups in total. The van der Waals surface area contributed by atoms with Crippen molar-refractivity contribution in [1.29, 1.82) is 0 Å². The van der Waals surface area contributed by atoms with Gasteiger partial charge >= 0.3 is 0 Å². The third kappa shape index (κ3) is 2.80. The number of hydrogen-bond acceptors (Lipinski definition) is 2. The van der Waals surface area contributed by atoms with Gasteiger partial charge in [0.1, 0.15) is 11.6 Å². The number of rotatable bonds is 3. The monoisotopic (exact) mass is 400 g/mol. The van der Waals surface area contributed by atoms with Crippen LogP contribution >= 0.6 is 22.6 Å². The molecule has 0 spiro atoms. The molecule has 2 amide bonds. The highest BCUT2D eigenvalue weighted by Gasteiger charge is 2.48. The minimum absolute atomic E-state index is 0.0348. The predicted octanol–water partition coefficient (Wildman–Crippen LogP) is 2.95. The van der Waals surface area contributed by atoms with Crippen molar-refractivity contribution < 1.29 is 9.59 Å². The molecule has 1 saturated heterocycles. The summed E-state index contributed by atoms with van der Waals surface area (Å²) in [5, 5.41) is 2.91. The maximum atomic E-state index is 13.0. The molecule has 1 aromatic carbocycles. The van der Waals surface area contributed by atoms with Crippen molar-refractivity contribution >= 4 is 40.1 Å². The number of carbonyl (C=O) groups is 2. The molecule has 1 aliphatic rings. The molecular weight excluding hydrogens is 379 g/mol. The number of amides is 2. The minimum atomic E-state index is -0.832. The van der Waals surface area contributed by atoms with Gasteiger partial charge in [0.15, 0.2) is 0 Å². The first-order chi connectivity index (χ1) is 9.81. The number of nitrogens with one attached hydrogen (secondary N) is 1. The minimum Gasteiger partial charge on any atom is -0.340 e. The van der Waals surface area contributed by atoms with E-state index in [-0.39, 0.29) is 17.7 Å². The third-order valence-corrected chi connectivity index (χ3v) is 5.00. The van der Waals surface area contributed by atoms with Crippen molar-refractivity contribution in [3.63, 3.8) is 0 Å². The van der Waals surface area contributed by atoms with E-state index in [1.807, 2.05) is 45.0 Å². The number of carbonyl (C=O) groups excluding carboxylic acids is 2. The van der Waals surface area contributed by atoms with Crippen LogP contribution in [0.25, 0.3) is 0 Å². The van der Waals surface area contributed by atoms with Crippen LogP contribution in [0.2, 0.25) is 0 Å². The fourth-order valence-electron chi connectivity index (χ4n) is 2.66. The lowest BCUT2D eigenvalue weighted by molar-refractivity contribution is -0.138. The molecular formula is C16H21IN2O2. The number of halogens is 1. The molecule has 1 fully saturated rings. The van der Waals surface area contributed by atoms with E-state index in [2.05, 4.69) is 27.9 Å². The van der Waals surface area contributed by atoms with E-state index in [9.17, 15) is 9.59 Å². The second-order valence-electron chi connectivity index (χ2n) is 5.99. The van der Waals surface area contributed by atoms with Gasteiger partial charge in [-0.15, -0.1) is 0 Å². The molecule has 2 rings (SSSR count). The largest absolute Gasteiger partial charge is 0.340 e. The molecule has 1 aromatic rings. The summed E-state index contributed by atoms with van der Waals surface area (Å²) in [4.78, 5) is 27.2. The highest BCUT2D eigenvalue weighted by Crippen LogP contribution is 2.32. The van der Waals surface area contributed by atoms with Crippen molar-refractivity contribution in [2.24, 2.45) is 5.92 Å². The fourth-order valence-corrected chi connectivity index (χ4v) is 3.30. The number of anilines is 1. The van der Waals surface area contributed by atoms with Gasteiger partial charge in [-0.3, -0.25) is 14.5 Å². The van der Waals surface area contributed by atoms with Crippen LogP contribution in [0.1, 0.15) is 34.1 Å². The third-order valence-electron chi connectivity index (χ3n) is 4.09. The van der Waals surface area contributed by atoms with Gasteiger partial charge in [-0.1, -0.05) is 32.9 Å². The van der Waals surface area contributed by atoms with Crippen LogP contribution in [0, 0.1) is 9.49 Å². The van der Waals surface area contributed by atoms with E-state index in [1.54, 1.807) is 11.8 Å². The Hall–Kier alpha value is -1.11. The van der Waals surface area contributed by atoms with Gasteiger partial charge in [-0.05, 0) is 54.0 Å². The summed E-state index contributed by atoms with van der Waals surface area (Å²) < 4.78 is 0.974. The molecule has 0 radical (unpaired) electrons. The first-order valence-electron chi connectivity index (χ1n) is 7.22.